The lowest BCUT2D eigenvalue weighted by molar-refractivity contribution is 0.314. The lowest BCUT2D eigenvalue weighted by Gasteiger charge is -2.07. The molecule has 0 saturated heterocycles. The fraction of sp³-hybridized carbons (Fsp3) is 0.250. The molecular formula is C8H8Br2O. The molecule has 0 bridgehead atoms. The van der Waals surface area contributed by atoms with Crippen molar-refractivity contribution >= 4 is 31.9 Å². The smallest absolute Gasteiger partial charge is 0.150 e. The van der Waals surface area contributed by atoms with Gasteiger partial charge in [0.25, 0.3) is 0 Å². The summed E-state index contributed by atoms with van der Waals surface area (Å²) in [6, 6.07) is 7.75. The van der Waals surface area contributed by atoms with Crippen LogP contribution in [0.15, 0.2) is 28.7 Å². The van der Waals surface area contributed by atoms with Crippen LogP contribution < -0.4 is 4.74 Å². The fourth-order valence-corrected chi connectivity index (χ4v) is 1.32. The van der Waals surface area contributed by atoms with E-state index in [0.717, 1.165) is 10.2 Å². The minimum Gasteiger partial charge on any atom is -0.480 e. The summed E-state index contributed by atoms with van der Waals surface area (Å²) in [7, 11) is 0. The molecule has 0 saturated carbocycles. The van der Waals surface area contributed by atoms with Crippen molar-refractivity contribution in [3.05, 3.63) is 28.7 Å². The predicted octanol–water partition coefficient (Wildman–Crippen LogP) is 3.57. The topological polar surface area (TPSA) is 9.23 Å². The maximum Gasteiger partial charge on any atom is 0.150 e. The monoisotopic (exact) mass is 278 g/mol. The van der Waals surface area contributed by atoms with Crippen LogP contribution in [-0.2, 0) is 0 Å². The Hall–Kier alpha value is -0.0200. The second kappa shape index (κ2) is 4.12. The summed E-state index contributed by atoms with van der Waals surface area (Å²) in [5.41, 5.74) is 0. The van der Waals surface area contributed by atoms with E-state index in [1.807, 2.05) is 31.2 Å². The summed E-state index contributed by atoms with van der Waals surface area (Å²) < 4.78 is 6.41. The Bertz CT molecular complexity index is 235. The van der Waals surface area contributed by atoms with Crippen LogP contribution in [0.1, 0.15) is 6.92 Å². The van der Waals surface area contributed by atoms with E-state index in [1.165, 1.54) is 0 Å². The van der Waals surface area contributed by atoms with Gasteiger partial charge in [-0.1, -0.05) is 22.0 Å². The first-order valence-corrected chi connectivity index (χ1v) is 4.95. The summed E-state index contributed by atoms with van der Waals surface area (Å²) >= 11 is 6.65. The Balaban J connectivity index is 2.71. The van der Waals surface area contributed by atoms with Gasteiger partial charge >= 0.3 is 0 Å². The molecule has 0 N–H and O–H groups in total. The third kappa shape index (κ3) is 3.25. The number of rotatable bonds is 2. The molecule has 0 heterocycles. The van der Waals surface area contributed by atoms with E-state index >= 15 is 0 Å². The lowest BCUT2D eigenvalue weighted by Crippen LogP contribution is -2.00. The van der Waals surface area contributed by atoms with E-state index in [9.17, 15) is 0 Å². The summed E-state index contributed by atoms with van der Waals surface area (Å²) in [6.45, 7) is 1.93. The third-order valence-electron chi connectivity index (χ3n) is 1.09. The molecule has 0 fully saturated rings. The Morgan fingerprint density at radius 2 is 2.18 bits per heavy atom. The van der Waals surface area contributed by atoms with E-state index < -0.39 is 0 Å². The van der Waals surface area contributed by atoms with Gasteiger partial charge in [-0.25, -0.2) is 0 Å². The molecule has 11 heavy (non-hydrogen) atoms. The Labute approximate surface area is 83.0 Å². The highest BCUT2D eigenvalue weighted by Crippen LogP contribution is 2.19. The van der Waals surface area contributed by atoms with Gasteiger partial charge in [0.1, 0.15) is 5.75 Å². The first-order valence-electron chi connectivity index (χ1n) is 3.25. The summed E-state index contributed by atoms with van der Waals surface area (Å²) in [4.78, 5) is 0. The average molecular weight is 280 g/mol. The molecule has 1 aromatic rings. The second-order valence-electron chi connectivity index (χ2n) is 2.12. The molecule has 60 valence electrons. The largest absolute Gasteiger partial charge is 0.480 e. The average Bonchev–Trinajstić information content (AvgIpc) is 1.85. The predicted molar refractivity (Wildman–Crippen MR) is 53.2 cm³/mol. The van der Waals surface area contributed by atoms with Crippen LogP contribution in [-0.4, -0.2) is 5.01 Å². The van der Waals surface area contributed by atoms with Crippen LogP contribution in [0.5, 0.6) is 5.75 Å². The molecule has 0 radical (unpaired) electrons. The van der Waals surface area contributed by atoms with Crippen LogP contribution in [0, 0.1) is 0 Å². The zero-order valence-electron chi connectivity index (χ0n) is 6.05. The van der Waals surface area contributed by atoms with Crippen molar-refractivity contribution in [2.24, 2.45) is 0 Å². The number of hydrogen-bond donors (Lipinski definition) is 0. The number of hydrogen-bond acceptors (Lipinski definition) is 1. The molecule has 1 unspecified atom stereocenters. The molecule has 0 aromatic heterocycles. The van der Waals surface area contributed by atoms with Gasteiger partial charge in [-0.15, -0.1) is 0 Å². The van der Waals surface area contributed by atoms with Crippen molar-refractivity contribution in [2.45, 2.75) is 11.9 Å². The molecule has 0 amide bonds. The minimum atomic E-state index is 0.0526. The second-order valence-corrected chi connectivity index (χ2v) is 4.32. The van der Waals surface area contributed by atoms with E-state index in [1.54, 1.807) is 0 Å². The fourth-order valence-electron chi connectivity index (χ4n) is 0.728. The maximum absolute atomic E-state index is 5.38. The molecule has 1 nitrogen and oxygen atoms in total. The molecule has 0 spiro atoms. The van der Waals surface area contributed by atoms with Gasteiger partial charge in [0.2, 0.25) is 0 Å². The van der Waals surface area contributed by atoms with Crippen molar-refractivity contribution in [1.82, 2.24) is 0 Å². The Morgan fingerprint density at radius 3 is 2.73 bits per heavy atom. The number of alkyl halides is 1. The first kappa shape index (κ1) is 9.07. The third-order valence-corrected chi connectivity index (χ3v) is 1.77. The normalized spacial score (nSPS) is 12.6. The quantitative estimate of drug-likeness (QED) is 0.752. The minimum absolute atomic E-state index is 0.0526. The summed E-state index contributed by atoms with van der Waals surface area (Å²) in [5.74, 6) is 0.865. The zero-order chi connectivity index (χ0) is 8.27. The van der Waals surface area contributed by atoms with E-state index in [2.05, 4.69) is 31.9 Å². The van der Waals surface area contributed by atoms with Gasteiger partial charge in [-0.05, 0) is 41.1 Å². The number of halogens is 2. The van der Waals surface area contributed by atoms with Crippen molar-refractivity contribution < 1.29 is 4.74 Å². The van der Waals surface area contributed by atoms with Gasteiger partial charge in [0.15, 0.2) is 5.01 Å². The molecule has 3 heteroatoms. The summed E-state index contributed by atoms with van der Waals surface area (Å²) in [5, 5.41) is 0.0526. The molecular weight excluding hydrogens is 272 g/mol. The van der Waals surface area contributed by atoms with Crippen LogP contribution >= 0.6 is 31.9 Å². The zero-order valence-corrected chi connectivity index (χ0v) is 9.22. The molecule has 1 rings (SSSR count). The van der Waals surface area contributed by atoms with Crippen molar-refractivity contribution in [1.29, 1.82) is 0 Å². The van der Waals surface area contributed by atoms with Crippen LogP contribution in [0.2, 0.25) is 0 Å². The van der Waals surface area contributed by atoms with Gasteiger partial charge < -0.3 is 4.74 Å². The van der Waals surface area contributed by atoms with Crippen LogP contribution in [0.4, 0.5) is 0 Å². The van der Waals surface area contributed by atoms with Gasteiger partial charge in [-0.3, -0.25) is 0 Å². The molecule has 0 aliphatic carbocycles. The Morgan fingerprint density at radius 1 is 1.45 bits per heavy atom. The Kier molecular flexibility index (Phi) is 3.40. The molecule has 1 aromatic carbocycles. The lowest BCUT2D eigenvalue weighted by atomic mass is 10.3. The van der Waals surface area contributed by atoms with E-state index in [0.29, 0.717) is 0 Å². The van der Waals surface area contributed by atoms with Crippen molar-refractivity contribution in [2.75, 3.05) is 0 Å². The van der Waals surface area contributed by atoms with Crippen LogP contribution in [0.25, 0.3) is 0 Å². The number of benzene rings is 1. The first-order chi connectivity index (χ1) is 5.18. The standard InChI is InChI=1S/C8H8Br2O/c1-6(9)11-8-4-2-3-7(10)5-8/h2-6H,1H3. The van der Waals surface area contributed by atoms with E-state index in [-0.39, 0.29) is 5.01 Å². The van der Waals surface area contributed by atoms with Crippen molar-refractivity contribution in [3.8, 4) is 5.75 Å². The van der Waals surface area contributed by atoms with Gasteiger partial charge in [0.05, 0.1) is 0 Å². The highest BCUT2D eigenvalue weighted by molar-refractivity contribution is 9.10. The highest BCUT2D eigenvalue weighted by Gasteiger charge is 1.97. The molecule has 1 atom stereocenters. The summed E-state index contributed by atoms with van der Waals surface area (Å²) in [6.07, 6.45) is 0. The SMILES string of the molecule is CC(Br)Oc1cccc(Br)c1. The van der Waals surface area contributed by atoms with Gasteiger partial charge in [0, 0.05) is 4.47 Å². The molecule has 0 aliphatic heterocycles. The maximum atomic E-state index is 5.38. The highest BCUT2D eigenvalue weighted by atomic mass is 79.9. The van der Waals surface area contributed by atoms with Crippen LogP contribution in [0.3, 0.4) is 0 Å². The number of ether oxygens (including phenoxy) is 1. The van der Waals surface area contributed by atoms with Gasteiger partial charge in [-0.2, -0.15) is 0 Å². The molecule has 0 aliphatic rings. The van der Waals surface area contributed by atoms with E-state index in [4.69, 9.17) is 4.74 Å². The van der Waals surface area contributed by atoms with Crippen molar-refractivity contribution in [3.63, 3.8) is 0 Å².